The quantitative estimate of drug-likeness (QED) is 0.648. The average molecular weight is 397 g/mol. The lowest BCUT2D eigenvalue weighted by atomic mass is 9.81. The van der Waals surface area contributed by atoms with Gasteiger partial charge >= 0.3 is 0 Å². The van der Waals surface area contributed by atoms with E-state index in [0.29, 0.717) is 17.8 Å². The van der Waals surface area contributed by atoms with Crippen LogP contribution in [0.3, 0.4) is 0 Å². The van der Waals surface area contributed by atoms with E-state index in [9.17, 15) is 0 Å². The minimum atomic E-state index is -0.353. The van der Waals surface area contributed by atoms with E-state index in [-0.39, 0.29) is 12.6 Å². The van der Waals surface area contributed by atoms with E-state index in [1.54, 1.807) is 0 Å². The number of ether oxygens (including phenoxy) is 4. The average Bonchev–Trinajstić information content (AvgIpc) is 2.71. The Bertz CT molecular complexity index is 487. The Hall–Kier alpha value is -0.0700. The van der Waals surface area contributed by atoms with Gasteiger partial charge in [0, 0.05) is 17.1 Å². The molecule has 0 aromatic rings. The van der Waals surface area contributed by atoms with Gasteiger partial charge in [0.2, 0.25) is 12.6 Å². The summed E-state index contributed by atoms with van der Waals surface area (Å²) in [7, 11) is 0. The summed E-state index contributed by atoms with van der Waals surface area (Å²) in [6.07, 6.45) is 9.29. The summed E-state index contributed by atoms with van der Waals surface area (Å²) in [5, 5.41) is 0.836. The van der Waals surface area contributed by atoms with Gasteiger partial charge in [-0.1, -0.05) is 18.6 Å². The van der Waals surface area contributed by atoms with Crippen molar-refractivity contribution >= 4 is 11.8 Å². The minimum absolute atomic E-state index is 0.351. The molecule has 4 rings (SSSR count). The number of hydrogen-bond donors (Lipinski definition) is 0. The van der Waals surface area contributed by atoms with E-state index in [4.69, 9.17) is 18.9 Å². The molecule has 0 aromatic heterocycles. The van der Waals surface area contributed by atoms with Crippen LogP contribution in [0.4, 0.5) is 0 Å². The highest BCUT2D eigenvalue weighted by Gasteiger charge is 2.37. The van der Waals surface area contributed by atoms with Crippen LogP contribution in [-0.4, -0.2) is 50.0 Å². The first kappa shape index (κ1) is 20.2. The van der Waals surface area contributed by atoms with E-state index in [1.807, 2.05) is 0 Å². The molecule has 1 aliphatic carbocycles. The van der Waals surface area contributed by atoms with Crippen molar-refractivity contribution < 1.29 is 18.9 Å². The van der Waals surface area contributed by atoms with E-state index < -0.39 is 0 Å². The van der Waals surface area contributed by atoms with Gasteiger partial charge in [0.15, 0.2) is 0 Å². The molecule has 5 heteroatoms. The predicted molar refractivity (Wildman–Crippen MR) is 109 cm³/mol. The third-order valence-corrected chi connectivity index (χ3v) is 8.24. The first-order valence-electron chi connectivity index (χ1n) is 10.9. The fourth-order valence-electron chi connectivity index (χ4n) is 4.82. The van der Waals surface area contributed by atoms with Gasteiger partial charge in [-0.05, 0) is 63.0 Å². The van der Waals surface area contributed by atoms with Crippen LogP contribution >= 0.6 is 11.8 Å². The molecule has 4 aliphatic rings. The molecule has 3 heterocycles. The van der Waals surface area contributed by atoms with Crippen molar-refractivity contribution in [1.82, 2.24) is 0 Å². The van der Waals surface area contributed by atoms with Gasteiger partial charge in [-0.25, -0.2) is 0 Å². The second-order valence-electron chi connectivity index (χ2n) is 9.10. The fourth-order valence-corrected chi connectivity index (χ4v) is 6.03. The van der Waals surface area contributed by atoms with Crippen molar-refractivity contribution in [3.8, 4) is 0 Å². The van der Waals surface area contributed by atoms with Crippen molar-refractivity contribution in [3.63, 3.8) is 0 Å². The van der Waals surface area contributed by atoms with Crippen LogP contribution in [0.25, 0.3) is 0 Å². The molecule has 154 valence electrons. The summed E-state index contributed by atoms with van der Waals surface area (Å²) in [4.78, 5) is 0. The summed E-state index contributed by atoms with van der Waals surface area (Å²) in [6, 6.07) is 0. The third-order valence-electron chi connectivity index (χ3n) is 6.77. The van der Waals surface area contributed by atoms with Crippen LogP contribution in [0.5, 0.6) is 0 Å². The summed E-state index contributed by atoms with van der Waals surface area (Å²) < 4.78 is 24.0. The predicted octanol–water partition coefficient (Wildman–Crippen LogP) is 4.63. The van der Waals surface area contributed by atoms with Crippen LogP contribution in [0.1, 0.15) is 52.4 Å². The lowest BCUT2D eigenvalue weighted by molar-refractivity contribution is -0.333. The van der Waals surface area contributed by atoms with Gasteiger partial charge in [0.1, 0.15) is 0 Å². The molecule has 3 atom stereocenters. The molecule has 27 heavy (non-hydrogen) atoms. The zero-order chi connectivity index (χ0) is 18.6. The molecule has 0 N–H and O–H groups in total. The summed E-state index contributed by atoms with van der Waals surface area (Å²) in [5.41, 5.74) is 1.53. The van der Waals surface area contributed by atoms with E-state index in [2.05, 4.69) is 31.7 Å². The SMILES string of the molecule is CC1=CCC(C2COC(C3OCC(CC4CCC(C)SC4)CO3)OC2)CC1. The van der Waals surface area contributed by atoms with E-state index in [1.165, 1.54) is 49.9 Å². The van der Waals surface area contributed by atoms with Gasteiger partial charge < -0.3 is 18.9 Å². The largest absolute Gasteiger partial charge is 0.348 e. The molecule has 3 aliphatic heterocycles. The first-order valence-corrected chi connectivity index (χ1v) is 12.0. The highest BCUT2D eigenvalue weighted by Crippen LogP contribution is 2.35. The van der Waals surface area contributed by atoms with Crippen molar-refractivity contribution in [2.24, 2.45) is 23.7 Å². The van der Waals surface area contributed by atoms with Crippen molar-refractivity contribution in [1.29, 1.82) is 0 Å². The topological polar surface area (TPSA) is 36.9 Å². The standard InChI is InChI=1S/C22H36O4S/c1-15-3-7-19(8-4-15)20-12-25-22(26-13-20)21-23-10-18(11-24-21)9-17-6-5-16(2)27-14-17/h3,16-22H,4-14H2,1-2H3. The molecule has 3 saturated heterocycles. The number of thioether (sulfide) groups is 1. The fraction of sp³-hybridized carbons (Fsp3) is 0.909. The molecule has 0 amide bonds. The summed E-state index contributed by atoms with van der Waals surface area (Å²) in [5.74, 6) is 3.86. The third kappa shape index (κ3) is 5.51. The highest BCUT2D eigenvalue weighted by molar-refractivity contribution is 7.99. The maximum Gasteiger partial charge on any atom is 0.209 e. The maximum absolute atomic E-state index is 6.01. The normalized spacial score (nSPS) is 43.9. The smallest absolute Gasteiger partial charge is 0.209 e. The molecule has 0 saturated carbocycles. The molecule has 4 nitrogen and oxygen atoms in total. The Morgan fingerprint density at radius 2 is 1.59 bits per heavy atom. The van der Waals surface area contributed by atoms with E-state index in [0.717, 1.165) is 37.6 Å². The second kappa shape index (κ2) is 9.62. The van der Waals surface area contributed by atoms with Gasteiger partial charge in [0.25, 0.3) is 0 Å². The first-order chi connectivity index (χ1) is 13.2. The second-order valence-corrected chi connectivity index (χ2v) is 10.6. The Labute approximate surface area is 168 Å². The molecular weight excluding hydrogens is 360 g/mol. The molecule has 0 aromatic carbocycles. The van der Waals surface area contributed by atoms with E-state index >= 15 is 0 Å². The van der Waals surface area contributed by atoms with Crippen LogP contribution < -0.4 is 0 Å². The Kier molecular flexibility index (Phi) is 7.20. The van der Waals surface area contributed by atoms with Crippen molar-refractivity contribution in [2.45, 2.75) is 70.2 Å². The van der Waals surface area contributed by atoms with Crippen molar-refractivity contribution in [2.75, 3.05) is 32.2 Å². The van der Waals surface area contributed by atoms with Gasteiger partial charge in [-0.2, -0.15) is 11.8 Å². The number of hydrogen-bond acceptors (Lipinski definition) is 5. The number of allylic oxidation sites excluding steroid dienone is 2. The molecule has 0 spiro atoms. The zero-order valence-electron chi connectivity index (χ0n) is 16.9. The highest BCUT2D eigenvalue weighted by atomic mass is 32.2. The lowest BCUT2D eigenvalue weighted by Crippen LogP contribution is -2.47. The van der Waals surface area contributed by atoms with Gasteiger partial charge in [-0.3, -0.25) is 0 Å². The minimum Gasteiger partial charge on any atom is -0.348 e. The summed E-state index contributed by atoms with van der Waals surface area (Å²) in [6.45, 7) is 7.68. The van der Waals surface area contributed by atoms with Crippen LogP contribution in [-0.2, 0) is 18.9 Å². The monoisotopic (exact) mass is 396 g/mol. The molecule has 0 radical (unpaired) electrons. The lowest BCUT2D eigenvalue weighted by Gasteiger charge is -2.40. The van der Waals surface area contributed by atoms with Gasteiger partial charge in [0.05, 0.1) is 26.4 Å². The molecule has 0 bridgehead atoms. The Morgan fingerprint density at radius 1 is 0.889 bits per heavy atom. The van der Waals surface area contributed by atoms with Crippen LogP contribution in [0, 0.1) is 23.7 Å². The van der Waals surface area contributed by atoms with Crippen molar-refractivity contribution in [3.05, 3.63) is 11.6 Å². The Morgan fingerprint density at radius 3 is 2.19 bits per heavy atom. The molecule has 3 unspecified atom stereocenters. The Balaban J connectivity index is 1.15. The zero-order valence-corrected chi connectivity index (χ0v) is 17.8. The number of rotatable bonds is 4. The summed E-state index contributed by atoms with van der Waals surface area (Å²) >= 11 is 2.12. The van der Waals surface area contributed by atoms with Gasteiger partial charge in [-0.15, -0.1) is 0 Å². The maximum atomic E-state index is 6.01. The molecular formula is C22H36O4S. The van der Waals surface area contributed by atoms with Crippen LogP contribution in [0.2, 0.25) is 0 Å². The molecule has 3 fully saturated rings. The van der Waals surface area contributed by atoms with Crippen LogP contribution in [0.15, 0.2) is 11.6 Å².